The van der Waals surface area contributed by atoms with E-state index in [1.54, 1.807) is 0 Å². The number of hydrogen-bond acceptors (Lipinski definition) is 2. The zero-order valence-corrected chi connectivity index (χ0v) is 9.17. The third kappa shape index (κ3) is 2.61. The summed E-state index contributed by atoms with van der Waals surface area (Å²) in [5, 5.41) is 8.50. The number of aliphatic hydroxyl groups is 1. The van der Waals surface area contributed by atoms with E-state index in [1.165, 1.54) is 0 Å². The number of rotatable bonds is 5. The van der Waals surface area contributed by atoms with Crippen molar-refractivity contribution in [2.75, 3.05) is 13.3 Å². The van der Waals surface area contributed by atoms with Gasteiger partial charge in [-0.1, -0.05) is 12.1 Å². The quantitative estimate of drug-likeness (QED) is 0.794. The highest BCUT2D eigenvalue weighted by molar-refractivity contribution is 5.93. The minimum atomic E-state index is -3.83. The Hall–Kier alpha value is -1.63. The molecule has 0 aliphatic carbocycles. The molecule has 0 spiro atoms. The molecule has 0 aromatic heterocycles. The highest BCUT2D eigenvalue weighted by Gasteiger charge is 2.41. The molecule has 1 unspecified atom stereocenters. The van der Waals surface area contributed by atoms with Crippen molar-refractivity contribution in [3.8, 4) is 0 Å². The first kappa shape index (κ1) is 14.4. The Morgan fingerprint density at radius 1 is 1.44 bits per heavy atom. The zero-order valence-electron chi connectivity index (χ0n) is 9.17. The van der Waals surface area contributed by atoms with Crippen LogP contribution in [0.25, 0.3) is 0 Å². The standard InChI is InChI=1S/C11H11F4NO2/c12-4-8(11(14,15)5-17)6-2-1-3-7(9(6)13)10(16)18/h1-3,8,17H,4-5H2,(H2,16,18). The maximum Gasteiger partial charge on any atom is 0.280 e. The van der Waals surface area contributed by atoms with Crippen LogP contribution in [0.4, 0.5) is 17.6 Å². The average molecular weight is 265 g/mol. The Balaban J connectivity index is 3.31. The van der Waals surface area contributed by atoms with Crippen molar-refractivity contribution in [2.45, 2.75) is 11.8 Å². The van der Waals surface area contributed by atoms with Crippen LogP contribution in [-0.2, 0) is 0 Å². The molecule has 0 bridgehead atoms. The van der Waals surface area contributed by atoms with Crippen LogP contribution in [0.2, 0.25) is 0 Å². The number of halogens is 4. The van der Waals surface area contributed by atoms with Crippen LogP contribution in [0.1, 0.15) is 21.8 Å². The first-order chi connectivity index (χ1) is 8.35. The summed E-state index contributed by atoms with van der Waals surface area (Å²) in [6.07, 6.45) is 0. The van der Waals surface area contributed by atoms with E-state index in [4.69, 9.17) is 10.8 Å². The first-order valence-electron chi connectivity index (χ1n) is 4.98. The molecule has 1 aromatic carbocycles. The normalized spacial score (nSPS) is 13.4. The van der Waals surface area contributed by atoms with Crippen LogP contribution < -0.4 is 5.73 Å². The van der Waals surface area contributed by atoms with Gasteiger partial charge in [0.1, 0.15) is 19.1 Å². The maximum absolute atomic E-state index is 13.7. The second kappa shape index (κ2) is 5.34. The summed E-state index contributed by atoms with van der Waals surface area (Å²) < 4.78 is 52.9. The van der Waals surface area contributed by atoms with Crippen molar-refractivity contribution in [1.29, 1.82) is 0 Å². The van der Waals surface area contributed by atoms with Crippen molar-refractivity contribution in [2.24, 2.45) is 5.73 Å². The third-order valence-corrected chi connectivity index (χ3v) is 2.54. The van der Waals surface area contributed by atoms with Crippen molar-refractivity contribution in [3.05, 3.63) is 35.1 Å². The minimum absolute atomic E-state index is 0.598. The maximum atomic E-state index is 13.7. The molecule has 0 radical (unpaired) electrons. The van der Waals surface area contributed by atoms with Crippen LogP contribution in [-0.4, -0.2) is 30.2 Å². The average Bonchev–Trinajstić information content (AvgIpc) is 2.31. The van der Waals surface area contributed by atoms with E-state index in [1.807, 2.05) is 0 Å². The number of alkyl halides is 3. The van der Waals surface area contributed by atoms with Crippen LogP contribution in [0.15, 0.2) is 18.2 Å². The van der Waals surface area contributed by atoms with Crippen molar-refractivity contribution in [1.82, 2.24) is 0 Å². The minimum Gasteiger partial charge on any atom is -0.390 e. The van der Waals surface area contributed by atoms with Gasteiger partial charge >= 0.3 is 0 Å². The molecular formula is C11H11F4NO2. The van der Waals surface area contributed by atoms with E-state index >= 15 is 0 Å². The zero-order chi connectivity index (χ0) is 13.9. The number of nitrogens with two attached hydrogens (primary N) is 1. The molecule has 0 aliphatic rings. The topological polar surface area (TPSA) is 63.3 Å². The van der Waals surface area contributed by atoms with Crippen LogP contribution in [0.5, 0.6) is 0 Å². The van der Waals surface area contributed by atoms with E-state index in [0.29, 0.717) is 0 Å². The van der Waals surface area contributed by atoms with Crippen molar-refractivity contribution in [3.63, 3.8) is 0 Å². The summed E-state index contributed by atoms with van der Waals surface area (Å²) in [7, 11) is 0. The van der Waals surface area contributed by atoms with Gasteiger partial charge in [0.05, 0.1) is 11.5 Å². The number of primary amides is 1. The number of aliphatic hydroxyl groups excluding tert-OH is 1. The lowest BCUT2D eigenvalue weighted by Gasteiger charge is -2.23. The number of carbonyl (C=O) groups is 1. The van der Waals surface area contributed by atoms with E-state index in [0.717, 1.165) is 18.2 Å². The monoisotopic (exact) mass is 265 g/mol. The fraction of sp³-hybridized carbons (Fsp3) is 0.364. The predicted molar refractivity (Wildman–Crippen MR) is 55.7 cm³/mol. The SMILES string of the molecule is NC(=O)c1cccc(C(CF)C(F)(F)CO)c1F. The second-order valence-corrected chi connectivity index (χ2v) is 3.70. The Morgan fingerprint density at radius 3 is 2.50 bits per heavy atom. The highest BCUT2D eigenvalue weighted by Crippen LogP contribution is 2.35. The molecule has 3 nitrogen and oxygen atoms in total. The van der Waals surface area contributed by atoms with Crippen molar-refractivity contribution >= 4 is 5.91 Å². The van der Waals surface area contributed by atoms with Gasteiger partial charge in [0.2, 0.25) is 0 Å². The smallest absolute Gasteiger partial charge is 0.280 e. The fourth-order valence-electron chi connectivity index (χ4n) is 1.54. The summed E-state index contributed by atoms with van der Waals surface area (Å²) in [6, 6.07) is 3.05. The molecule has 0 saturated heterocycles. The van der Waals surface area contributed by atoms with Crippen LogP contribution >= 0.6 is 0 Å². The summed E-state index contributed by atoms with van der Waals surface area (Å²) in [4.78, 5) is 10.9. The molecule has 3 N–H and O–H groups in total. The van der Waals surface area contributed by atoms with Gasteiger partial charge in [0.15, 0.2) is 0 Å². The fourth-order valence-corrected chi connectivity index (χ4v) is 1.54. The molecule has 0 heterocycles. The van der Waals surface area contributed by atoms with Gasteiger partial charge in [0.25, 0.3) is 11.8 Å². The summed E-state index contributed by atoms with van der Waals surface area (Å²) in [5.41, 5.74) is 3.57. The summed E-state index contributed by atoms with van der Waals surface area (Å²) in [5.74, 6) is -8.42. The lowest BCUT2D eigenvalue weighted by molar-refractivity contribution is -0.0778. The second-order valence-electron chi connectivity index (χ2n) is 3.70. The lowest BCUT2D eigenvalue weighted by atomic mass is 9.92. The largest absolute Gasteiger partial charge is 0.390 e. The molecular weight excluding hydrogens is 254 g/mol. The Kier molecular flexibility index (Phi) is 4.28. The van der Waals surface area contributed by atoms with Gasteiger partial charge in [-0.05, 0) is 6.07 Å². The Bertz CT molecular complexity index is 451. The van der Waals surface area contributed by atoms with Gasteiger partial charge < -0.3 is 10.8 Å². The molecule has 7 heteroatoms. The van der Waals surface area contributed by atoms with Crippen LogP contribution in [0, 0.1) is 5.82 Å². The molecule has 0 aliphatic heterocycles. The van der Waals surface area contributed by atoms with Crippen molar-refractivity contribution < 1.29 is 27.5 Å². The molecule has 0 fully saturated rings. The van der Waals surface area contributed by atoms with Crippen LogP contribution in [0.3, 0.4) is 0 Å². The number of hydrogen-bond donors (Lipinski definition) is 2. The van der Waals surface area contributed by atoms with E-state index < -0.39 is 48.0 Å². The van der Waals surface area contributed by atoms with Gasteiger partial charge in [0, 0.05) is 5.56 Å². The third-order valence-electron chi connectivity index (χ3n) is 2.54. The number of carbonyl (C=O) groups excluding carboxylic acids is 1. The lowest BCUT2D eigenvalue weighted by Crippen LogP contribution is -2.33. The number of benzene rings is 1. The molecule has 1 amide bonds. The number of amides is 1. The molecule has 1 aromatic rings. The van der Waals surface area contributed by atoms with Gasteiger partial charge in [-0.3, -0.25) is 9.18 Å². The highest BCUT2D eigenvalue weighted by atomic mass is 19.3. The van der Waals surface area contributed by atoms with E-state index in [2.05, 4.69) is 0 Å². The van der Waals surface area contributed by atoms with Gasteiger partial charge in [-0.25, -0.2) is 13.2 Å². The van der Waals surface area contributed by atoms with E-state index in [9.17, 15) is 22.4 Å². The Labute approximate surface area is 100 Å². The molecule has 1 atom stereocenters. The molecule has 100 valence electrons. The molecule has 0 saturated carbocycles. The van der Waals surface area contributed by atoms with E-state index in [-0.39, 0.29) is 0 Å². The predicted octanol–water partition coefficient (Wildman–Crippen LogP) is 1.61. The molecule has 18 heavy (non-hydrogen) atoms. The van der Waals surface area contributed by atoms with Gasteiger partial charge in [-0.2, -0.15) is 0 Å². The first-order valence-corrected chi connectivity index (χ1v) is 4.98. The Morgan fingerprint density at radius 2 is 2.06 bits per heavy atom. The van der Waals surface area contributed by atoms with Gasteiger partial charge in [-0.15, -0.1) is 0 Å². The summed E-state index contributed by atoms with van der Waals surface area (Å²) >= 11 is 0. The summed E-state index contributed by atoms with van der Waals surface area (Å²) in [6.45, 7) is -3.20. The molecule has 1 rings (SSSR count).